The molecule has 0 unspecified atom stereocenters. The van der Waals surface area contributed by atoms with Crippen LogP contribution in [-0.2, 0) is 6.61 Å². The maximum Gasteiger partial charge on any atom is 0.271 e. The first-order chi connectivity index (χ1) is 19.0. The molecule has 0 saturated heterocycles. The third-order valence-electron chi connectivity index (χ3n) is 5.77. The molecule has 4 rings (SSSR count). The van der Waals surface area contributed by atoms with Crippen LogP contribution in [0.25, 0.3) is 10.8 Å². The number of ether oxygens (including phenoxy) is 4. The highest BCUT2D eigenvalue weighted by molar-refractivity contribution is 9.10. The van der Waals surface area contributed by atoms with Crippen molar-refractivity contribution in [3.05, 3.63) is 94.0 Å². The van der Waals surface area contributed by atoms with Crippen molar-refractivity contribution >= 4 is 38.8 Å². The Kier molecular flexibility index (Phi) is 9.80. The van der Waals surface area contributed by atoms with Crippen molar-refractivity contribution in [3.63, 3.8) is 0 Å². The zero-order chi connectivity index (χ0) is 27.6. The lowest BCUT2D eigenvalue weighted by molar-refractivity contribution is 0.0954. The predicted molar refractivity (Wildman–Crippen MR) is 157 cm³/mol. The summed E-state index contributed by atoms with van der Waals surface area (Å²) in [6.45, 7) is 7.50. The van der Waals surface area contributed by atoms with E-state index < -0.39 is 0 Å². The average Bonchev–Trinajstić information content (AvgIpc) is 2.94. The molecule has 202 valence electrons. The van der Waals surface area contributed by atoms with Gasteiger partial charge in [0.2, 0.25) is 0 Å². The van der Waals surface area contributed by atoms with Crippen LogP contribution in [0.1, 0.15) is 42.3 Å². The third kappa shape index (κ3) is 7.09. The first-order valence-corrected chi connectivity index (χ1v) is 13.6. The molecule has 0 heterocycles. The summed E-state index contributed by atoms with van der Waals surface area (Å²) < 4.78 is 24.0. The average molecular weight is 592 g/mol. The van der Waals surface area contributed by atoms with Crippen LogP contribution in [0.2, 0.25) is 0 Å². The third-order valence-corrected chi connectivity index (χ3v) is 6.36. The zero-order valence-electron chi connectivity index (χ0n) is 22.2. The summed E-state index contributed by atoms with van der Waals surface area (Å²) in [5.74, 6) is 1.92. The Morgan fingerprint density at radius 1 is 0.821 bits per heavy atom. The number of rotatable bonds is 12. The van der Waals surface area contributed by atoms with Crippen molar-refractivity contribution < 1.29 is 23.7 Å². The summed E-state index contributed by atoms with van der Waals surface area (Å²) in [7, 11) is 0. The van der Waals surface area contributed by atoms with Crippen molar-refractivity contribution in [3.8, 4) is 23.0 Å². The Balaban J connectivity index is 1.48. The van der Waals surface area contributed by atoms with Gasteiger partial charge in [0.15, 0.2) is 23.0 Å². The Hall–Kier alpha value is -4.04. The van der Waals surface area contributed by atoms with Crippen LogP contribution in [0, 0.1) is 0 Å². The molecule has 0 fully saturated rings. The van der Waals surface area contributed by atoms with E-state index in [-0.39, 0.29) is 5.91 Å². The SMILES string of the molecule is CCOc1ccc(C(=O)N/N=C/c2cc(Br)c(OCc3cccc4ccccc34)c(OCC)c2)cc1OCC. The van der Waals surface area contributed by atoms with Gasteiger partial charge in [0.25, 0.3) is 5.91 Å². The monoisotopic (exact) mass is 590 g/mol. The quantitative estimate of drug-likeness (QED) is 0.140. The molecule has 0 aliphatic heterocycles. The fraction of sp³-hybridized carbons (Fsp3) is 0.226. The molecule has 8 heteroatoms. The van der Waals surface area contributed by atoms with Gasteiger partial charge in [0.05, 0.1) is 30.5 Å². The summed E-state index contributed by atoms with van der Waals surface area (Å²) in [5, 5.41) is 6.45. The van der Waals surface area contributed by atoms with E-state index in [1.807, 2.05) is 51.1 Å². The predicted octanol–water partition coefficient (Wildman–Crippen LogP) is 7.14. The van der Waals surface area contributed by atoms with Crippen LogP contribution in [-0.4, -0.2) is 31.9 Å². The molecule has 0 aliphatic carbocycles. The molecule has 4 aromatic rings. The molecule has 1 N–H and O–H groups in total. The van der Waals surface area contributed by atoms with Gasteiger partial charge in [0.1, 0.15) is 6.61 Å². The molecular formula is C31H31BrN2O5. The number of nitrogens with zero attached hydrogens (tertiary/aromatic N) is 1. The largest absolute Gasteiger partial charge is 0.490 e. The van der Waals surface area contributed by atoms with Crippen LogP contribution in [0.4, 0.5) is 0 Å². The van der Waals surface area contributed by atoms with Gasteiger partial charge in [0, 0.05) is 5.56 Å². The number of hydrogen-bond acceptors (Lipinski definition) is 6. The van der Waals surface area contributed by atoms with Crippen molar-refractivity contribution in [1.29, 1.82) is 0 Å². The Morgan fingerprint density at radius 3 is 2.33 bits per heavy atom. The zero-order valence-corrected chi connectivity index (χ0v) is 23.8. The molecule has 39 heavy (non-hydrogen) atoms. The smallest absolute Gasteiger partial charge is 0.271 e. The number of amides is 1. The van der Waals surface area contributed by atoms with Crippen molar-refractivity contribution in [1.82, 2.24) is 5.43 Å². The van der Waals surface area contributed by atoms with Crippen molar-refractivity contribution in [2.75, 3.05) is 19.8 Å². The minimum absolute atomic E-state index is 0.366. The number of hydrazone groups is 1. The molecule has 0 bridgehead atoms. The standard InChI is InChI=1S/C31H31BrN2O5/c1-4-36-27-15-14-23(18-28(27)37-5-2)31(35)34-33-19-21-16-26(32)30(29(17-21)38-6-3)39-20-24-12-9-11-22-10-7-8-13-25(22)24/h7-19H,4-6,20H2,1-3H3,(H,34,35)/b33-19+. The summed E-state index contributed by atoms with van der Waals surface area (Å²) in [5.41, 5.74) is 4.78. The summed E-state index contributed by atoms with van der Waals surface area (Å²) in [4.78, 5) is 12.7. The Labute approximate surface area is 236 Å². The van der Waals surface area contributed by atoms with E-state index in [0.717, 1.165) is 21.9 Å². The molecule has 1 amide bonds. The second kappa shape index (κ2) is 13.7. The van der Waals surface area contributed by atoms with Crippen LogP contribution < -0.4 is 24.4 Å². The molecule has 0 aliphatic rings. The van der Waals surface area contributed by atoms with E-state index in [1.165, 1.54) is 0 Å². The van der Waals surface area contributed by atoms with E-state index in [4.69, 9.17) is 18.9 Å². The minimum atomic E-state index is -0.366. The number of carbonyl (C=O) groups is 1. The van der Waals surface area contributed by atoms with E-state index in [1.54, 1.807) is 24.4 Å². The second-order valence-corrected chi connectivity index (χ2v) is 9.27. The van der Waals surface area contributed by atoms with Gasteiger partial charge in [-0.05, 0) is 88.9 Å². The first-order valence-electron chi connectivity index (χ1n) is 12.8. The number of fused-ring (bicyclic) bond motifs is 1. The molecule has 4 aromatic carbocycles. The first kappa shape index (κ1) is 28.0. The molecule has 0 radical (unpaired) electrons. The maximum atomic E-state index is 12.7. The summed E-state index contributed by atoms with van der Waals surface area (Å²) in [6, 6.07) is 23.1. The van der Waals surface area contributed by atoms with Crippen LogP contribution in [0.3, 0.4) is 0 Å². The molecular weight excluding hydrogens is 560 g/mol. The van der Waals surface area contributed by atoms with Crippen molar-refractivity contribution in [2.45, 2.75) is 27.4 Å². The van der Waals surface area contributed by atoms with Crippen molar-refractivity contribution in [2.24, 2.45) is 5.10 Å². The second-order valence-electron chi connectivity index (χ2n) is 8.42. The maximum absolute atomic E-state index is 12.7. The number of carbonyl (C=O) groups excluding carboxylic acids is 1. The Morgan fingerprint density at radius 2 is 1.54 bits per heavy atom. The van der Waals surface area contributed by atoms with Gasteiger partial charge in [-0.3, -0.25) is 4.79 Å². The van der Waals surface area contributed by atoms with Gasteiger partial charge in [-0.15, -0.1) is 0 Å². The summed E-state index contributed by atoms with van der Waals surface area (Å²) in [6.07, 6.45) is 1.55. The van der Waals surface area contributed by atoms with Gasteiger partial charge >= 0.3 is 0 Å². The van der Waals surface area contributed by atoms with Crippen LogP contribution >= 0.6 is 15.9 Å². The number of benzene rings is 4. The lowest BCUT2D eigenvalue weighted by atomic mass is 10.1. The minimum Gasteiger partial charge on any atom is -0.490 e. The highest BCUT2D eigenvalue weighted by Gasteiger charge is 2.14. The molecule has 7 nitrogen and oxygen atoms in total. The van der Waals surface area contributed by atoms with E-state index in [9.17, 15) is 4.79 Å². The number of nitrogens with one attached hydrogen (secondary N) is 1. The van der Waals surface area contributed by atoms with Gasteiger partial charge in [-0.25, -0.2) is 5.43 Å². The topological polar surface area (TPSA) is 78.4 Å². The van der Waals surface area contributed by atoms with Gasteiger partial charge in [-0.2, -0.15) is 5.10 Å². The molecule has 0 aromatic heterocycles. The number of halogens is 1. The fourth-order valence-electron chi connectivity index (χ4n) is 4.06. The van der Waals surface area contributed by atoms with E-state index >= 15 is 0 Å². The van der Waals surface area contributed by atoms with Gasteiger partial charge < -0.3 is 18.9 Å². The lowest BCUT2D eigenvalue weighted by Gasteiger charge is -2.15. The lowest BCUT2D eigenvalue weighted by Crippen LogP contribution is -2.17. The highest BCUT2D eigenvalue weighted by atomic mass is 79.9. The van der Waals surface area contributed by atoms with Crippen LogP contribution in [0.5, 0.6) is 23.0 Å². The van der Waals surface area contributed by atoms with E-state index in [0.29, 0.717) is 59.5 Å². The molecule has 0 spiro atoms. The normalized spacial score (nSPS) is 11.0. The van der Waals surface area contributed by atoms with E-state index in [2.05, 4.69) is 50.7 Å². The summed E-state index contributed by atoms with van der Waals surface area (Å²) >= 11 is 3.61. The van der Waals surface area contributed by atoms with Gasteiger partial charge in [-0.1, -0.05) is 42.5 Å². The van der Waals surface area contributed by atoms with Crippen LogP contribution in [0.15, 0.2) is 82.4 Å². The Bertz CT molecular complexity index is 1470. The molecule has 0 atom stereocenters. The highest BCUT2D eigenvalue weighted by Crippen LogP contribution is 2.37. The fourth-order valence-corrected chi connectivity index (χ4v) is 4.63. The number of hydrogen-bond donors (Lipinski definition) is 1. The molecule has 0 saturated carbocycles.